The van der Waals surface area contributed by atoms with Crippen LogP contribution in [0.3, 0.4) is 0 Å². The fourth-order valence-electron chi connectivity index (χ4n) is 2.29. The van der Waals surface area contributed by atoms with Crippen LogP contribution >= 0.6 is 0 Å². The minimum absolute atomic E-state index is 0.706. The van der Waals surface area contributed by atoms with E-state index in [2.05, 4.69) is 48.6 Å². The van der Waals surface area contributed by atoms with E-state index < -0.39 is 0 Å². The van der Waals surface area contributed by atoms with Crippen molar-refractivity contribution in [2.24, 2.45) is 0 Å². The van der Waals surface area contributed by atoms with Gasteiger partial charge in [-0.2, -0.15) is 0 Å². The molecule has 1 rings (SSSR count). The van der Waals surface area contributed by atoms with Gasteiger partial charge in [0.05, 0.1) is 0 Å². The Morgan fingerprint density at radius 2 is 1.84 bits per heavy atom. The predicted molar refractivity (Wildman–Crippen MR) is 81.3 cm³/mol. The lowest BCUT2D eigenvalue weighted by atomic mass is 10.0. The molecule has 0 saturated heterocycles. The molecule has 3 nitrogen and oxygen atoms in total. The fourth-order valence-corrected chi connectivity index (χ4v) is 2.29. The van der Waals surface area contributed by atoms with Crippen molar-refractivity contribution in [2.45, 2.75) is 71.3 Å². The van der Waals surface area contributed by atoms with Crippen LogP contribution in [0.2, 0.25) is 0 Å². The average Bonchev–Trinajstić information content (AvgIpc) is 2.92. The number of nitrogens with one attached hydrogen (secondary N) is 1. The van der Waals surface area contributed by atoms with Gasteiger partial charge < -0.3 is 12.6 Å². The zero-order valence-corrected chi connectivity index (χ0v) is 13.1. The number of unbranched alkanes of at least 4 members (excludes halogenated alkanes) is 4. The number of H-pyrrole nitrogens is 1. The molecule has 1 N–H and O–H groups in total. The Hall–Kier alpha value is -1.08. The third-order valence-electron chi connectivity index (χ3n) is 3.25. The zero-order chi connectivity index (χ0) is 14.3. The highest BCUT2D eigenvalue weighted by molar-refractivity contribution is 7.64. The molecule has 0 saturated carbocycles. The molecule has 0 bridgehead atoms. The lowest BCUT2D eigenvalue weighted by molar-refractivity contribution is -0.723. The van der Waals surface area contributed by atoms with Crippen LogP contribution in [0.15, 0.2) is 18.7 Å². The summed E-state index contributed by atoms with van der Waals surface area (Å²) >= 11 is 3.70. The quantitative estimate of drug-likeness (QED) is 0.321. The maximum atomic E-state index is 7.13. The maximum absolute atomic E-state index is 7.13. The number of hydrogen-bond acceptors (Lipinski definition) is 2. The molecule has 0 spiro atoms. The summed E-state index contributed by atoms with van der Waals surface area (Å²) in [5, 5.41) is 8.47. The number of hydrogen-bond donors (Lipinski definition) is 1. The molecule has 0 aromatic carbocycles. The summed E-state index contributed by atoms with van der Waals surface area (Å²) < 4.78 is 2.34. The minimum Gasteiger partial charge on any atom is -0.696 e. The monoisotopic (exact) mass is 281 g/mol. The molecule has 1 atom stereocenters. The SMILES string of the molecule is CCCCCCCC(CCC)[n+]1cc[nH]c1.N#C[S-]. The molecule has 0 amide bonds. The number of aromatic nitrogens is 2. The first-order chi connectivity index (χ1) is 9.29. The molecular weight excluding hydrogens is 254 g/mol. The van der Waals surface area contributed by atoms with Crippen molar-refractivity contribution in [2.75, 3.05) is 0 Å². The van der Waals surface area contributed by atoms with E-state index in [9.17, 15) is 0 Å². The van der Waals surface area contributed by atoms with E-state index in [1.54, 1.807) is 0 Å². The van der Waals surface area contributed by atoms with Gasteiger partial charge in [-0.05, 0) is 19.3 Å². The van der Waals surface area contributed by atoms with E-state index in [0.717, 1.165) is 0 Å². The number of thiocyanates is 1. The van der Waals surface area contributed by atoms with E-state index in [1.807, 2.05) is 6.20 Å². The standard InChI is InChI=1S/C14H26N2.CHNS/c1-3-5-6-7-8-10-14(9-4-2)16-12-11-15-13-16;2-1-3/h11-14H,3-10H2,1-2H3;3H. The Labute approximate surface area is 123 Å². The van der Waals surface area contributed by atoms with Crippen molar-refractivity contribution in [1.29, 1.82) is 5.26 Å². The van der Waals surface area contributed by atoms with Crippen molar-refractivity contribution in [1.82, 2.24) is 4.98 Å². The molecule has 0 radical (unpaired) electrons. The third kappa shape index (κ3) is 9.49. The third-order valence-corrected chi connectivity index (χ3v) is 3.25. The summed E-state index contributed by atoms with van der Waals surface area (Å²) in [6.07, 6.45) is 17.1. The Balaban J connectivity index is 0.000000982. The number of aromatic amines is 1. The van der Waals surface area contributed by atoms with Crippen LogP contribution in [0.1, 0.15) is 71.3 Å². The van der Waals surface area contributed by atoms with Gasteiger partial charge in [0.25, 0.3) is 0 Å². The number of nitriles is 1. The predicted octanol–water partition coefficient (Wildman–Crippen LogP) is 4.02. The first kappa shape index (κ1) is 17.9. The van der Waals surface area contributed by atoms with Crippen LogP contribution < -0.4 is 4.57 Å². The van der Waals surface area contributed by atoms with Crippen LogP contribution in [-0.2, 0) is 12.6 Å². The second-order valence-electron chi connectivity index (χ2n) is 4.80. The van der Waals surface area contributed by atoms with E-state index >= 15 is 0 Å². The molecule has 0 aliphatic heterocycles. The maximum Gasteiger partial charge on any atom is 0.241 e. The highest BCUT2D eigenvalue weighted by Crippen LogP contribution is 2.16. The Morgan fingerprint density at radius 1 is 1.16 bits per heavy atom. The topological polar surface area (TPSA) is 43.5 Å². The summed E-state index contributed by atoms with van der Waals surface area (Å²) in [5.74, 6) is 0. The minimum atomic E-state index is 0.706. The molecule has 0 fully saturated rings. The molecular formula is C15H27N3S. The Kier molecular flexibility index (Phi) is 12.6. The normalized spacial score (nSPS) is 11.2. The van der Waals surface area contributed by atoms with Gasteiger partial charge in [-0.15, -0.1) is 0 Å². The van der Waals surface area contributed by atoms with Gasteiger partial charge in [-0.3, -0.25) is 4.98 Å². The summed E-state index contributed by atoms with van der Waals surface area (Å²) in [6, 6.07) is 0.706. The molecule has 19 heavy (non-hydrogen) atoms. The second kappa shape index (κ2) is 13.4. The van der Waals surface area contributed by atoms with E-state index in [0.29, 0.717) is 6.04 Å². The van der Waals surface area contributed by atoms with Gasteiger partial charge in [-0.25, -0.2) is 9.83 Å². The molecule has 0 aliphatic rings. The van der Waals surface area contributed by atoms with Crippen molar-refractivity contribution in [3.63, 3.8) is 0 Å². The Bertz CT molecular complexity index is 317. The van der Waals surface area contributed by atoms with Crippen LogP contribution in [0.25, 0.3) is 0 Å². The van der Waals surface area contributed by atoms with Gasteiger partial charge >= 0.3 is 0 Å². The largest absolute Gasteiger partial charge is 0.696 e. The van der Waals surface area contributed by atoms with Crippen LogP contribution in [0.4, 0.5) is 0 Å². The Morgan fingerprint density at radius 3 is 2.37 bits per heavy atom. The van der Waals surface area contributed by atoms with Gasteiger partial charge in [0.15, 0.2) is 0 Å². The van der Waals surface area contributed by atoms with E-state index in [1.165, 1.54) is 56.8 Å². The van der Waals surface area contributed by atoms with Crippen molar-refractivity contribution < 1.29 is 4.57 Å². The molecule has 0 aliphatic carbocycles. The summed E-state index contributed by atoms with van der Waals surface area (Å²) in [5.41, 5.74) is 0. The summed E-state index contributed by atoms with van der Waals surface area (Å²) in [7, 11) is 0. The lowest BCUT2D eigenvalue weighted by Crippen LogP contribution is -2.36. The second-order valence-corrected chi connectivity index (χ2v) is 4.98. The zero-order valence-electron chi connectivity index (χ0n) is 12.3. The first-order valence-electron chi connectivity index (χ1n) is 7.34. The van der Waals surface area contributed by atoms with Crippen LogP contribution in [0.5, 0.6) is 0 Å². The fraction of sp³-hybridized carbons (Fsp3) is 0.733. The highest BCUT2D eigenvalue weighted by atomic mass is 32.1. The summed E-state index contributed by atoms with van der Waals surface area (Å²) in [4.78, 5) is 3.14. The molecule has 1 aromatic rings. The van der Waals surface area contributed by atoms with Crippen LogP contribution in [0, 0.1) is 10.7 Å². The number of rotatable bonds is 9. The average molecular weight is 281 g/mol. The highest BCUT2D eigenvalue weighted by Gasteiger charge is 2.13. The molecule has 1 unspecified atom stereocenters. The van der Waals surface area contributed by atoms with Gasteiger partial charge in [-0.1, -0.05) is 51.4 Å². The molecule has 1 aromatic heterocycles. The molecule has 4 heteroatoms. The first-order valence-corrected chi connectivity index (χ1v) is 7.75. The van der Waals surface area contributed by atoms with Gasteiger partial charge in [0, 0.05) is 0 Å². The molecule has 1 heterocycles. The van der Waals surface area contributed by atoms with E-state index in [4.69, 9.17) is 5.26 Å². The van der Waals surface area contributed by atoms with Gasteiger partial charge in [0.2, 0.25) is 6.33 Å². The smallest absolute Gasteiger partial charge is 0.241 e. The number of imidazole rings is 1. The number of nitrogens with zero attached hydrogens (tertiary/aromatic N) is 2. The van der Waals surface area contributed by atoms with Gasteiger partial charge in [0.1, 0.15) is 18.4 Å². The van der Waals surface area contributed by atoms with Crippen molar-refractivity contribution >= 4 is 12.6 Å². The van der Waals surface area contributed by atoms with Crippen LogP contribution in [-0.4, -0.2) is 4.98 Å². The summed E-state index contributed by atoms with van der Waals surface area (Å²) in [6.45, 7) is 4.55. The lowest BCUT2D eigenvalue weighted by Gasteiger charge is -2.12. The molecule has 108 valence electrons. The van der Waals surface area contributed by atoms with E-state index in [-0.39, 0.29) is 0 Å². The van der Waals surface area contributed by atoms with Crippen molar-refractivity contribution in [3.8, 4) is 5.40 Å². The van der Waals surface area contributed by atoms with Crippen molar-refractivity contribution in [3.05, 3.63) is 18.7 Å².